The van der Waals surface area contributed by atoms with E-state index < -0.39 is 7.26 Å². The van der Waals surface area contributed by atoms with Crippen LogP contribution in [0.3, 0.4) is 0 Å². The molecule has 0 aromatic heterocycles. The van der Waals surface area contributed by atoms with E-state index in [4.69, 9.17) is 0 Å². The molecule has 10 rings (SSSR count). The van der Waals surface area contributed by atoms with Crippen LogP contribution in [0.25, 0.3) is 0 Å². The van der Waals surface area contributed by atoms with Crippen molar-refractivity contribution in [2.24, 2.45) is 35.5 Å². The lowest BCUT2D eigenvalue weighted by Crippen LogP contribution is -2.39. The van der Waals surface area contributed by atoms with E-state index in [1.807, 2.05) is 42.5 Å². The molecule has 262 valence electrons. The van der Waals surface area contributed by atoms with Crippen LogP contribution in [0, 0.1) is 35.5 Å². The summed E-state index contributed by atoms with van der Waals surface area (Å²) in [6, 6.07) is 44.9. The zero-order valence-electron chi connectivity index (χ0n) is 29.4. The summed E-state index contributed by atoms with van der Waals surface area (Å²) in [5.74, 6) is 1.95. The lowest BCUT2D eigenvalue weighted by Gasteiger charge is -2.33. The Morgan fingerprint density at radius 1 is 0.434 bits per heavy atom. The van der Waals surface area contributed by atoms with Gasteiger partial charge in [0.15, 0.2) is 0 Å². The van der Waals surface area contributed by atoms with Gasteiger partial charge in [-0.25, -0.2) is 0 Å². The van der Waals surface area contributed by atoms with Crippen molar-refractivity contribution in [3.63, 3.8) is 0 Å². The van der Waals surface area contributed by atoms with Gasteiger partial charge in [-0.05, 0) is 128 Å². The summed E-state index contributed by atoms with van der Waals surface area (Å²) in [7, 11) is -2.42. The van der Waals surface area contributed by atoms with Gasteiger partial charge in [-0.1, -0.05) is 66.7 Å². The maximum Gasteiger partial charge on any atom is 0.261 e. The normalized spacial score (nSPS) is 25.7. The van der Waals surface area contributed by atoms with E-state index in [1.54, 1.807) is 12.1 Å². The molecule has 6 atom stereocenters. The Kier molecular flexibility index (Phi) is 7.63. The monoisotopic (exact) mass is 715 g/mol. The summed E-state index contributed by atoms with van der Waals surface area (Å²) in [6.45, 7) is 0.925. The second-order valence-corrected chi connectivity index (χ2v) is 19.1. The highest BCUT2D eigenvalue weighted by atomic mass is 31.2. The van der Waals surface area contributed by atoms with Crippen molar-refractivity contribution in [2.75, 3.05) is 13.1 Å². The standard InChI is InChI=1S/C46H40N2O4P/c49-43-36-18-10-11-19-37(36)44(50)47(43)27-29-22-39-30-24-31(40(25-30)41(39)23-29)28-48-45(51)38-21-20-35(26-42(38)46(48)52)53(32-12-4-1-5-13-32,33-14-6-2-7-15-33)34-16-8-3-9-17-34/h1-21,26,29-31,39-41H,22-25,27-28H2/q+1. The fraction of sp³-hybridized carbons (Fsp3) is 0.261. The van der Waals surface area contributed by atoms with Gasteiger partial charge < -0.3 is 0 Å². The number of carbonyl (C=O) groups excluding carboxylic acids is 4. The number of hydrogen-bond acceptors (Lipinski definition) is 4. The predicted molar refractivity (Wildman–Crippen MR) is 208 cm³/mol. The van der Waals surface area contributed by atoms with Crippen LogP contribution in [-0.2, 0) is 0 Å². The Morgan fingerprint density at radius 2 is 0.906 bits per heavy atom. The van der Waals surface area contributed by atoms with Gasteiger partial charge in [-0.2, -0.15) is 0 Å². The molecule has 5 aromatic carbocycles. The summed E-state index contributed by atoms with van der Waals surface area (Å²) in [5.41, 5.74) is 2.02. The van der Waals surface area contributed by atoms with E-state index in [2.05, 4.69) is 78.9 Å². The van der Waals surface area contributed by atoms with E-state index in [0.717, 1.165) is 31.0 Å². The summed E-state index contributed by atoms with van der Waals surface area (Å²) in [6.07, 6.45) is 4.20. The number of nitrogens with zero attached hydrogens (tertiary/aromatic N) is 2. The highest BCUT2D eigenvalue weighted by molar-refractivity contribution is 8.01. The molecule has 6 unspecified atom stereocenters. The Balaban J connectivity index is 0.912. The predicted octanol–water partition coefficient (Wildman–Crippen LogP) is 6.50. The molecule has 4 amide bonds. The van der Waals surface area contributed by atoms with Gasteiger partial charge in [0.1, 0.15) is 28.5 Å². The molecular formula is C46H40N2O4P+. The number of carbonyl (C=O) groups is 4. The van der Waals surface area contributed by atoms with Crippen molar-refractivity contribution in [3.05, 3.63) is 156 Å². The molecule has 2 bridgehead atoms. The molecule has 0 N–H and O–H groups in total. The number of fused-ring (bicyclic) bond motifs is 7. The molecular weight excluding hydrogens is 675 g/mol. The molecule has 0 saturated heterocycles. The number of imide groups is 2. The lowest BCUT2D eigenvalue weighted by atomic mass is 9.75. The third-order valence-corrected chi connectivity index (χ3v) is 17.5. The average Bonchev–Trinajstić information content (AvgIpc) is 4.00. The maximum absolute atomic E-state index is 14.4. The van der Waals surface area contributed by atoms with E-state index >= 15 is 0 Å². The van der Waals surface area contributed by atoms with Gasteiger partial charge >= 0.3 is 0 Å². The smallest absolute Gasteiger partial charge is 0.261 e. The molecule has 3 fully saturated rings. The number of benzene rings is 5. The number of rotatable bonds is 8. The Labute approximate surface area is 310 Å². The first kappa shape index (κ1) is 32.5. The second-order valence-electron chi connectivity index (χ2n) is 15.7. The number of hydrogen-bond donors (Lipinski definition) is 0. The minimum absolute atomic E-state index is 0.173. The van der Waals surface area contributed by atoms with Crippen LogP contribution in [-0.4, -0.2) is 46.5 Å². The van der Waals surface area contributed by atoms with Crippen LogP contribution in [0.5, 0.6) is 0 Å². The summed E-state index contributed by atoms with van der Waals surface area (Å²) in [5, 5.41) is 4.64. The molecule has 2 aliphatic heterocycles. The van der Waals surface area contributed by atoms with E-state index in [1.165, 1.54) is 25.7 Å². The van der Waals surface area contributed by atoms with Gasteiger partial charge in [0.05, 0.1) is 22.3 Å². The van der Waals surface area contributed by atoms with Gasteiger partial charge in [0.2, 0.25) is 0 Å². The molecule has 0 radical (unpaired) electrons. The van der Waals surface area contributed by atoms with Crippen LogP contribution in [0.15, 0.2) is 133 Å². The van der Waals surface area contributed by atoms with Crippen molar-refractivity contribution >= 4 is 52.1 Å². The quantitative estimate of drug-likeness (QED) is 0.136. The van der Waals surface area contributed by atoms with Gasteiger partial charge in [0, 0.05) is 13.1 Å². The van der Waals surface area contributed by atoms with Gasteiger partial charge in [-0.15, -0.1) is 0 Å². The first-order valence-electron chi connectivity index (χ1n) is 19.0. The third-order valence-electron chi connectivity index (χ3n) is 13.2. The van der Waals surface area contributed by atoms with Crippen molar-refractivity contribution in [2.45, 2.75) is 25.7 Å². The van der Waals surface area contributed by atoms with Crippen LogP contribution in [0.4, 0.5) is 0 Å². The highest BCUT2D eigenvalue weighted by Gasteiger charge is 2.57. The SMILES string of the molecule is O=C1c2ccccc2C(=O)N1CC1CC2C3CC(CN4C(=O)c5ccc([P+](c6ccccc6)(c6ccccc6)c6ccccc6)cc5C4=O)C(C3)C2C1. The van der Waals surface area contributed by atoms with E-state index in [-0.39, 0.29) is 35.5 Å². The highest BCUT2D eigenvalue weighted by Crippen LogP contribution is 2.62. The van der Waals surface area contributed by atoms with Crippen LogP contribution in [0.1, 0.15) is 67.1 Å². The second kappa shape index (κ2) is 12.5. The molecule has 3 saturated carbocycles. The maximum atomic E-state index is 14.4. The zero-order valence-corrected chi connectivity index (χ0v) is 30.3. The summed E-state index contributed by atoms with van der Waals surface area (Å²) in [4.78, 5) is 57.6. The Hall–Kier alpha value is -5.19. The lowest BCUT2D eigenvalue weighted by molar-refractivity contribution is 0.0581. The van der Waals surface area contributed by atoms with E-state index in [0.29, 0.717) is 59.0 Å². The van der Waals surface area contributed by atoms with Gasteiger partial charge in [-0.3, -0.25) is 29.0 Å². The van der Waals surface area contributed by atoms with Gasteiger partial charge in [0.25, 0.3) is 23.6 Å². The fourth-order valence-electron chi connectivity index (χ4n) is 11.1. The molecule has 53 heavy (non-hydrogen) atoms. The molecule has 0 spiro atoms. The molecule has 6 nitrogen and oxygen atoms in total. The summed E-state index contributed by atoms with van der Waals surface area (Å²) < 4.78 is 0. The molecule has 7 heteroatoms. The molecule has 5 aromatic rings. The van der Waals surface area contributed by atoms with Crippen LogP contribution < -0.4 is 21.2 Å². The van der Waals surface area contributed by atoms with Crippen molar-refractivity contribution in [1.29, 1.82) is 0 Å². The molecule has 5 aliphatic rings. The van der Waals surface area contributed by atoms with Crippen LogP contribution >= 0.6 is 7.26 Å². The van der Waals surface area contributed by atoms with E-state index in [9.17, 15) is 19.2 Å². The molecule has 2 heterocycles. The minimum Gasteiger partial charge on any atom is -0.274 e. The number of amides is 4. The first-order chi connectivity index (χ1) is 25.9. The molecule has 3 aliphatic carbocycles. The Morgan fingerprint density at radius 3 is 1.47 bits per heavy atom. The topological polar surface area (TPSA) is 74.8 Å². The van der Waals surface area contributed by atoms with Crippen molar-refractivity contribution in [1.82, 2.24) is 9.80 Å². The Bertz CT molecular complexity index is 2160. The first-order valence-corrected chi connectivity index (χ1v) is 20.7. The third kappa shape index (κ3) is 4.88. The summed E-state index contributed by atoms with van der Waals surface area (Å²) >= 11 is 0. The zero-order chi connectivity index (χ0) is 35.8. The van der Waals surface area contributed by atoms with Crippen LogP contribution in [0.2, 0.25) is 0 Å². The largest absolute Gasteiger partial charge is 0.274 e. The van der Waals surface area contributed by atoms with Crippen molar-refractivity contribution in [3.8, 4) is 0 Å². The fourth-order valence-corrected chi connectivity index (χ4v) is 15.4. The van der Waals surface area contributed by atoms with Crippen molar-refractivity contribution < 1.29 is 19.2 Å². The average molecular weight is 716 g/mol. The minimum atomic E-state index is -2.42.